The summed E-state index contributed by atoms with van der Waals surface area (Å²) >= 11 is 0. The van der Waals surface area contributed by atoms with E-state index < -0.39 is 0 Å². The third kappa shape index (κ3) is 6.15. The van der Waals surface area contributed by atoms with Crippen molar-refractivity contribution in [3.05, 3.63) is 229 Å². The van der Waals surface area contributed by atoms with Gasteiger partial charge >= 0.3 is 5.63 Å². The second-order valence-corrected chi connectivity index (χ2v) is 14.9. The number of benzene rings is 10. The van der Waals surface area contributed by atoms with Gasteiger partial charge in [0.15, 0.2) is 0 Å². The monoisotopic (exact) mass is 756 g/mol. The second kappa shape index (κ2) is 14.2. The van der Waals surface area contributed by atoms with E-state index in [-0.39, 0.29) is 5.63 Å². The molecule has 0 fully saturated rings. The molecule has 4 heteroatoms. The fourth-order valence-electron chi connectivity index (χ4n) is 8.52. The smallest absolute Gasteiger partial charge is 0.344 e. The first kappa shape index (κ1) is 34.3. The van der Waals surface area contributed by atoms with Gasteiger partial charge in [-0.15, -0.1) is 0 Å². The van der Waals surface area contributed by atoms with Crippen LogP contribution in [0.1, 0.15) is 0 Å². The van der Waals surface area contributed by atoms with Crippen molar-refractivity contribution >= 4 is 88.2 Å². The molecule has 0 spiro atoms. The topological polar surface area (TPSA) is 36.7 Å². The Morgan fingerprint density at radius 3 is 1.31 bits per heavy atom. The lowest BCUT2D eigenvalue weighted by atomic mass is 10.0. The van der Waals surface area contributed by atoms with Crippen LogP contribution in [0.15, 0.2) is 228 Å². The van der Waals surface area contributed by atoms with Gasteiger partial charge in [0.2, 0.25) is 0 Å². The van der Waals surface area contributed by atoms with Crippen molar-refractivity contribution in [2.24, 2.45) is 0 Å². The zero-order valence-electron chi connectivity index (χ0n) is 32.0. The first-order valence-electron chi connectivity index (χ1n) is 19.9. The molecule has 0 aliphatic carbocycles. The van der Waals surface area contributed by atoms with Crippen LogP contribution in [0.2, 0.25) is 0 Å². The molecule has 0 amide bonds. The molecule has 0 saturated carbocycles. The van der Waals surface area contributed by atoms with E-state index in [2.05, 4.69) is 198 Å². The number of fused-ring (bicyclic) bond motifs is 5. The minimum Gasteiger partial charge on any atom is -0.422 e. The van der Waals surface area contributed by atoms with Crippen LogP contribution in [-0.4, -0.2) is 0 Å². The van der Waals surface area contributed by atoms with Crippen molar-refractivity contribution in [3.63, 3.8) is 0 Å². The Hall–Kier alpha value is -7.95. The van der Waals surface area contributed by atoms with E-state index in [9.17, 15) is 4.79 Å². The highest BCUT2D eigenvalue weighted by atomic mass is 16.4. The summed E-state index contributed by atoms with van der Waals surface area (Å²) in [6.07, 6.45) is 0. The molecule has 0 radical (unpaired) electrons. The van der Waals surface area contributed by atoms with Crippen molar-refractivity contribution < 1.29 is 4.42 Å². The highest BCUT2D eigenvalue weighted by Crippen LogP contribution is 2.43. The van der Waals surface area contributed by atoms with E-state index in [0.29, 0.717) is 11.1 Å². The summed E-state index contributed by atoms with van der Waals surface area (Å²) in [5, 5.41) is 10.1. The Labute approximate surface area is 341 Å². The molecule has 0 aliphatic heterocycles. The summed E-state index contributed by atoms with van der Waals surface area (Å²) in [5.41, 5.74) is 7.51. The fourth-order valence-corrected chi connectivity index (χ4v) is 8.52. The minimum atomic E-state index is -0.384. The fraction of sp³-hybridized carbons (Fsp3) is 0. The van der Waals surface area contributed by atoms with Crippen LogP contribution < -0.4 is 15.4 Å². The molecule has 11 aromatic rings. The maximum absolute atomic E-state index is 13.9. The second-order valence-electron chi connectivity index (χ2n) is 14.9. The first-order chi connectivity index (χ1) is 29.1. The van der Waals surface area contributed by atoms with E-state index in [0.717, 1.165) is 66.6 Å². The molecule has 0 unspecified atom stereocenters. The summed E-state index contributed by atoms with van der Waals surface area (Å²) in [6.45, 7) is 0. The molecular formula is C55H36N2O2. The Morgan fingerprint density at radius 2 is 0.746 bits per heavy atom. The summed E-state index contributed by atoms with van der Waals surface area (Å²) in [7, 11) is 0. The standard InChI is InChI=1S/C55H36N2O2/c58-55-51(41-25-28-45(29-26-41)56(46-30-23-37-11-1-3-15-42(37)33-46)52-21-9-17-39-13-5-7-19-49(39)52)35-44-27-32-48(36-54(44)59-55)57(47-31-24-38-12-2-4-16-43(38)34-47)53-22-10-18-40-14-6-8-20-50(40)53/h1-36H. The molecule has 1 heterocycles. The van der Waals surface area contributed by atoms with Crippen molar-refractivity contribution in [1.29, 1.82) is 0 Å². The highest BCUT2D eigenvalue weighted by molar-refractivity contribution is 6.02. The van der Waals surface area contributed by atoms with Crippen molar-refractivity contribution in [2.45, 2.75) is 0 Å². The molecule has 10 aromatic carbocycles. The minimum absolute atomic E-state index is 0.384. The van der Waals surface area contributed by atoms with Gasteiger partial charge in [-0.2, -0.15) is 0 Å². The van der Waals surface area contributed by atoms with Crippen LogP contribution in [0.25, 0.3) is 65.2 Å². The maximum atomic E-state index is 13.9. The van der Waals surface area contributed by atoms with Gasteiger partial charge < -0.3 is 14.2 Å². The molecule has 0 atom stereocenters. The van der Waals surface area contributed by atoms with Crippen LogP contribution in [0.3, 0.4) is 0 Å². The van der Waals surface area contributed by atoms with Gasteiger partial charge in [-0.3, -0.25) is 0 Å². The normalized spacial score (nSPS) is 11.5. The first-order valence-corrected chi connectivity index (χ1v) is 19.9. The van der Waals surface area contributed by atoms with Crippen molar-refractivity contribution in [1.82, 2.24) is 0 Å². The largest absolute Gasteiger partial charge is 0.422 e. The van der Waals surface area contributed by atoms with Crippen molar-refractivity contribution in [2.75, 3.05) is 9.80 Å². The Kier molecular flexibility index (Phi) is 8.26. The Morgan fingerprint density at radius 1 is 0.322 bits per heavy atom. The van der Waals surface area contributed by atoms with Gasteiger partial charge in [0, 0.05) is 45.0 Å². The molecule has 0 saturated heterocycles. The average Bonchev–Trinajstić information content (AvgIpc) is 3.29. The zero-order chi connectivity index (χ0) is 39.3. The summed E-state index contributed by atoms with van der Waals surface area (Å²) in [4.78, 5) is 18.5. The number of hydrogen-bond donors (Lipinski definition) is 0. The van der Waals surface area contributed by atoms with E-state index in [4.69, 9.17) is 4.42 Å². The van der Waals surface area contributed by atoms with E-state index >= 15 is 0 Å². The van der Waals surface area contributed by atoms with Gasteiger partial charge in [0.25, 0.3) is 0 Å². The summed E-state index contributed by atoms with van der Waals surface area (Å²) in [5.74, 6) is 0. The third-order valence-corrected chi connectivity index (χ3v) is 11.4. The lowest BCUT2D eigenvalue weighted by Crippen LogP contribution is -2.11. The summed E-state index contributed by atoms with van der Waals surface area (Å²) in [6, 6.07) is 75.9. The average molecular weight is 757 g/mol. The third-order valence-electron chi connectivity index (χ3n) is 11.4. The van der Waals surface area contributed by atoms with Crippen LogP contribution >= 0.6 is 0 Å². The zero-order valence-corrected chi connectivity index (χ0v) is 32.0. The molecule has 0 aliphatic rings. The van der Waals surface area contributed by atoms with E-state index in [1.54, 1.807) is 0 Å². The van der Waals surface area contributed by atoms with Crippen LogP contribution in [-0.2, 0) is 0 Å². The molecule has 1 aromatic heterocycles. The lowest BCUT2D eigenvalue weighted by molar-refractivity contribution is 0.563. The quantitative estimate of drug-likeness (QED) is 0.152. The molecule has 4 nitrogen and oxygen atoms in total. The number of nitrogens with zero attached hydrogens (tertiary/aromatic N) is 2. The molecule has 0 N–H and O–H groups in total. The summed E-state index contributed by atoms with van der Waals surface area (Å²) < 4.78 is 6.18. The maximum Gasteiger partial charge on any atom is 0.344 e. The number of anilines is 6. The van der Waals surface area contributed by atoms with Gasteiger partial charge in [-0.1, -0.05) is 146 Å². The Balaban J connectivity index is 0.996. The number of rotatable bonds is 7. The molecule has 278 valence electrons. The number of hydrogen-bond acceptors (Lipinski definition) is 4. The highest BCUT2D eigenvalue weighted by Gasteiger charge is 2.19. The van der Waals surface area contributed by atoms with Crippen molar-refractivity contribution in [3.8, 4) is 11.1 Å². The van der Waals surface area contributed by atoms with Gasteiger partial charge in [-0.25, -0.2) is 4.79 Å². The van der Waals surface area contributed by atoms with Gasteiger partial charge in [-0.05, 0) is 105 Å². The molecular weight excluding hydrogens is 721 g/mol. The van der Waals surface area contributed by atoms with E-state index in [1.807, 2.05) is 30.3 Å². The Bertz CT molecular complexity index is 3430. The molecule has 0 bridgehead atoms. The SMILES string of the molecule is O=c1oc2cc(N(c3ccc4ccccc4c3)c3cccc4ccccc34)ccc2cc1-c1ccc(N(c2ccc3ccccc3c2)c2cccc3ccccc23)cc1. The van der Waals surface area contributed by atoms with Gasteiger partial charge in [0.1, 0.15) is 5.58 Å². The van der Waals surface area contributed by atoms with Gasteiger partial charge in [0.05, 0.1) is 16.9 Å². The lowest BCUT2D eigenvalue weighted by Gasteiger charge is -2.27. The molecule has 59 heavy (non-hydrogen) atoms. The van der Waals surface area contributed by atoms with Crippen LogP contribution in [0, 0.1) is 0 Å². The van der Waals surface area contributed by atoms with Crippen LogP contribution in [0.4, 0.5) is 34.1 Å². The van der Waals surface area contributed by atoms with E-state index in [1.165, 1.54) is 21.5 Å². The molecule has 11 rings (SSSR count). The predicted octanol–water partition coefficient (Wildman–Crippen LogP) is 15.0. The predicted molar refractivity (Wildman–Crippen MR) is 247 cm³/mol. The van der Waals surface area contributed by atoms with Crippen LogP contribution in [0.5, 0.6) is 0 Å².